The van der Waals surface area contributed by atoms with Gasteiger partial charge in [-0.2, -0.15) is 0 Å². The number of nitrogens with one attached hydrogen (secondary N) is 1. The lowest BCUT2D eigenvalue weighted by Gasteiger charge is -2.47. The second kappa shape index (κ2) is 13.7. The summed E-state index contributed by atoms with van der Waals surface area (Å²) in [6.45, 7) is 5.24. The van der Waals surface area contributed by atoms with Crippen molar-refractivity contribution in [3.05, 3.63) is 106 Å². The Morgan fingerprint density at radius 1 is 1.04 bits per heavy atom. The number of benzene rings is 3. The predicted octanol–water partition coefficient (Wildman–Crippen LogP) is 9.88. The fourth-order valence-corrected chi connectivity index (χ4v) is 9.27. The zero-order valence-corrected chi connectivity index (χ0v) is 29.6. The van der Waals surface area contributed by atoms with Crippen molar-refractivity contribution in [3.8, 4) is 22.6 Å². The number of hydrogen-bond donors (Lipinski definition) is 2. The van der Waals surface area contributed by atoms with E-state index in [9.17, 15) is 9.90 Å². The Bertz CT molecular complexity index is 1830. The molecule has 1 heterocycles. The Kier molecular flexibility index (Phi) is 9.36. The monoisotopic (exact) mass is 678 g/mol. The number of aromatic nitrogens is 1. The molecule has 3 aliphatic rings. The van der Waals surface area contributed by atoms with E-state index < -0.39 is 11.5 Å². The molecule has 256 valence electrons. The van der Waals surface area contributed by atoms with Gasteiger partial charge in [-0.05, 0) is 140 Å². The number of methoxy groups -OCH3 is 1. The summed E-state index contributed by atoms with van der Waals surface area (Å²) in [7, 11) is 1.70. The molecular formula is C42H47ClN2O4. The highest BCUT2D eigenvalue weighted by Crippen LogP contribution is 2.57. The normalized spacial score (nSPS) is 24.9. The molecule has 7 heteroatoms. The summed E-state index contributed by atoms with van der Waals surface area (Å²) in [5.41, 5.74) is 7.09. The highest BCUT2D eigenvalue weighted by atomic mass is 35.5. The van der Waals surface area contributed by atoms with Gasteiger partial charge in [-0.25, -0.2) is 4.79 Å². The number of fused-ring (bicyclic) bond motifs is 3. The fraction of sp³-hybridized carbons (Fsp3) is 0.429. The Balaban J connectivity index is 1.17. The molecule has 0 saturated heterocycles. The third-order valence-corrected chi connectivity index (χ3v) is 11.9. The van der Waals surface area contributed by atoms with E-state index in [1.807, 2.05) is 48.7 Å². The zero-order valence-electron chi connectivity index (χ0n) is 28.8. The van der Waals surface area contributed by atoms with Crippen molar-refractivity contribution in [1.82, 2.24) is 4.98 Å². The largest absolute Gasteiger partial charge is 0.497 e. The number of carboxylic acid groups (broad SMARTS) is 1. The highest BCUT2D eigenvalue weighted by Gasteiger charge is 2.54. The number of aryl methyl sites for hydroxylation is 1. The molecule has 6 nitrogen and oxygen atoms in total. The van der Waals surface area contributed by atoms with E-state index in [0.29, 0.717) is 42.2 Å². The lowest BCUT2D eigenvalue weighted by atomic mass is 9.59. The van der Waals surface area contributed by atoms with Crippen molar-refractivity contribution < 1.29 is 19.4 Å². The number of carbonyl (C=O) groups is 1. The smallest absolute Gasteiger partial charge is 0.329 e. The first-order valence-electron chi connectivity index (χ1n) is 17.9. The van der Waals surface area contributed by atoms with Crippen LogP contribution in [0.25, 0.3) is 11.1 Å². The molecule has 0 amide bonds. The Hall–Kier alpha value is -4.03. The minimum atomic E-state index is -1.06. The second-order valence-electron chi connectivity index (χ2n) is 14.8. The van der Waals surface area contributed by atoms with Crippen LogP contribution >= 0.6 is 11.6 Å². The summed E-state index contributed by atoms with van der Waals surface area (Å²) in [6, 6.07) is 24.6. The number of halogens is 1. The number of hydrogen-bond acceptors (Lipinski definition) is 5. The Morgan fingerprint density at radius 2 is 1.84 bits per heavy atom. The quantitative estimate of drug-likeness (QED) is 0.174. The molecule has 1 saturated carbocycles. The molecule has 3 atom stereocenters. The number of ether oxygens (including phenoxy) is 2. The molecule has 0 radical (unpaired) electrons. The van der Waals surface area contributed by atoms with Gasteiger partial charge in [-0.3, -0.25) is 4.98 Å². The average molecular weight is 679 g/mol. The van der Waals surface area contributed by atoms with Crippen LogP contribution in [0.1, 0.15) is 87.1 Å². The number of pyridine rings is 1. The van der Waals surface area contributed by atoms with Gasteiger partial charge in [0.25, 0.3) is 0 Å². The number of anilines is 1. The number of nitrogens with zero attached hydrogens (tertiary/aromatic N) is 1. The summed E-state index contributed by atoms with van der Waals surface area (Å²) in [6.07, 6.45) is 9.90. The Labute approximate surface area is 295 Å². The summed E-state index contributed by atoms with van der Waals surface area (Å²) in [4.78, 5) is 17.7. The van der Waals surface area contributed by atoms with Gasteiger partial charge in [-0.1, -0.05) is 61.8 Å². The molecule has 1 fully saturated rings. The van der Waals surface area contributed by atoms with Crippen LogP contribution in [0.3, 0.4) is 0 Å². The van der Waals surface area contributed by atoms with Crippen LogP contribution in [0.5, 0.6) is 11.5 Å². The molecule has 0 aliphatic heterocycles. The second-order valence-corrected chi connectivity index (χ2v) is 15.2. The van der Waals surface area contributed by atoms with E-state index in [0.717, 1.165) is 60.4 Å². The average Bonchev–Trinajstić information content (AvgIpc) is 3.39. The highest BCUT2D eigenvalue weighted by molar-refractivity contribution is 6.30. The van der Waals surface area contributed by atoms with Crippen LogP contribution in [-0.2, 0) is 23.1 Å². The summed E-state index contributed by atoms with van der Waals surface area (Å²) < 4.78 is 12.1. The van der Waals surface area contributed by atoms with Gasteiger partial charge in [-0.15, -0.1) is 0 Å². The topological polar surface area (TPSA) is 80.7 Å². The maximum atomic E-state index is 13.0. The third-order valence-electron chi connectivity index (χ3n) is 11.7. The van der Waals surface area contributed by atoms with Crippen molar-refractivity contribution in [3.63, 3.8) is 0 Å². The standard InChI is InChI=1S/C42H47ClN2O4/c1-27(26-49-38-15-20-44-37-12-4-7-28(2)39(37)38)21-32-22-31-14-13-30(29-8-5-11-35(23-29)48-3)24-36(31)41(32)16-18-42(19-17-41,40(46)47)45-34-10-6-9-33(43)25-34/h5-6,8-11,13-15,20,23-25,27-28,32,45H,4,7,12,16-19,21-22,26H2,1-3H3,(H,46,47)/t27-,28-,32+,41?,42?/m1/s1. The molecule has 7 rings (SSSR count). The van der Waals surface area contributed by atoms with Crippen molar-refractivity contribution in [2.45, 2.75) is 88.5 Å². The molecular weight excluding hydrogens is 632 g/mol. The number of rotatable bonds is 10. The SMILES string of the molecule is COc1cccc(-c2ccc3c(c2)C2(CCC(Nc4cccc(Cl)c4)(C(=O)O)CC2)[C@@H](C[C@@H](C)COc2ccnc4c2[C@H](C)CCC4)C3)c1. The van der Waals surface area contributed by atoms with Gasteiger partial charge in [0.05, 0.1) is 13.7 Å². The number of aliphatic carboxylic acids is 1. The molecule has 1 aromatic heterocycles. The lowest BCUT2D eigenvalue weighted by Crippen LogP contribution is -2.53. The van der Waals surface area contributed by atoms with Gasteiger partial charge in [0.15, 0.2) is 0 Å². The van der Waals surface area contributed by atoms with E-state index >= 15 is 0 Å². The molecule has 0 unspecified atom stereocenters. The molecule has 4 aromatic rings. The summed E-state index contributed by atoms with van der Waals surface area (Å²) in [5, 5.41) is 14.7. The zero-order chi connectivity index (χ0) is 34.2. The molecule has 0 bridgehead atoms. The fourth-order valence-electron chi connectivity index (χ4n) is 9.08. The van der Waals surface area contributed by atoms with Crippen molar-refractivity contribution in [1.29, 1.82) is 0 Å². The van der Waals surface area contributed by atoms with E-state index in [2.05, 4.69) is 54.5 Å². The van der Waals surface area contributed by atoms with Crippen molar-refractivity contribution in [2.24, 2.45) is 11.8 Å². The van der Waals surface area contributed by atoms with E-state index in [1.54, 1.807) is 7.11 Å². The van der Waals surface area contributed by atoms with Gasteiger partial charge < -0.3 is 19.9 Å². The van der Waals surface area contributed by atoms with Gasteiger partial charge in [0.2, 0.25) is 0 Å². The van der Waals surface area contributed by atoms with E-state index in [1.165, 1.54) is 35.2 Å². The first-order chi connectivity index (χ1) is 23.7. The molecule has 3 aliphatic carbocycles. The van der Waals surface area contributed by atoms with Gasteiger partial charge >= 0.3 is 5.97 Å². The van der Waals surface area contributed by atoms with Gasteiger partial charge in [0, 0.05) is 28.2 Å². The van der Waals surface area contributed by atoms with E-state index in [-0.39, 0.29) is 5.41 Å². The van der Waals surface area contributed by atoms with Crippen LogP contribution in [0, 0.1) is 11.8 Å². The summed E-state index contributed by atoms with van der Waals surface area (Å²) >= 11 is 6.29. The van der Waals surface area contributed by atoms with Crippen molar-refractivity contribution in [2.75, 3.05) is 19.0 Å². The van der Waals surface area contributed by atoms with Gasteiger partial charge in [0.1, 0.15) is 17.0 Å². The molecule has 1 spiro atoms. The summed E-state index contributed by atoms with van der Waals surface area (Å²) in [5.74, 6) is 2.19. The lowest BCUT2D eigenvalue weighted by molar-refractivity contribution is -0.144. The van der Waals surface area contributed by atoms with Crippen molar-refractivity contribution >= 4 is 23.3 Å². The predicted molar refractivity (Wildman–Crippen MR) is 196 cm³/mol. The minimum absolute atomic E-state index is 0.127. The third kappa shape index (κ3) is 6.52. The molecule has 49 heavy (non-hydrogen) atoms. The van der Waals surface area contributed by atoms with Crippen LogP contribution in [-0.4, -0.2) is 35.3 Å². The van der Waals surface area contributed by atoms with Crippen LogP contribution in [0.15, 0.2) is 79.0 Å². The molecule has 3 aromatic carbocycles. The van der Waals surface area contributed by atoms with E-state index in [4.69, 9.17) is 21.1 Å². The molecule has 2 N–H and O–H groups in total. The van der Waals surface area contributed by atoms with Crippen LogP contribution < -0.4 is 14.8 Å². The Morgan fingerprint density at radius 3 is 2.61 bits per heavy atom. The maximum absolute atomic E-state index is 13.0. The van der Waals surface area contributed by atoms with Crippen LogP contribution in [0.4, 0.5) is 5.69 Å². The van der Waals surface area contributed by atoms with Crippen LogP contribution in [0.2, 0.25) is 5.02 Å². The first-order valence-corrected chi connectivity index (χ1v) is 18.2. The first kappa shape index (κ1) is 33.5. The number of carboxylic acids is 1. The maximum Gasteiger partial charge on any atom is 0.329 e. The minimum Gasteiger partial charge on any atom is -0.497 e.